The SMILES string of the molecule is CCOc1cc(/C=C/C(=O)c2ccc(OC)cc2)cc(Cl)c1OCc1ccc(Cl)cc1. The number of hydrogen-bond donors (Lipinski definition) is 0. The molecule has 0 aliphatic heterocycles. The van der Waals surface area contributed by atoms with Crippen molar-refractivity contribution in [3.05, 3.63) is 93.5 Å². The lowest BCUT2D eigenvalue weighted by Gasteiger charge is -2.14. The molecule has 0 fully saturated rings. The lowest BCUT2D eigenvalue weighted by atomic mass is 10.1. The summed E-state index contributed by atoms with van der Waals surface area (Å²) in [6.07, 6.45) is 3.20. The quantitative estimate of drug-likeness (QED) is 0.260. The zero-order chi connectivity index (χ0) is 22.2. The van der Waals surface area contributed by atoms with Crippen LogP contribution in [-0.4, -0.2) is 19.5 Å². The molecule has 0 aromatic heterocycles. The van der Waals surface area contributed by atoms with Crippen molar-refractivity contribution in [1.29, 1.82) is 0 Å². The third-order valence-corrected chi connectivity index (χ3v) is 4.96. The highest BCUT2D eigenvalue weighted by atomic mass is 35.5. The minimum absolute atomic E-state index is 0.125. The van der Waals surface area contributed by atoms with Crippen molar-refractivity contribution in [3.8, 4) is 17.2 Å². The van der Waals surface area contributed by atoms with E-state index < -0.39 is 0 Å². The molecule has 0 amide bonds. The molecule has 0 saturated heterocycles. The summed E-state index contributed by atoms with van der Waals surface area (Å²) in [5, 5.41) is 1.06. The van der Waals surface area contributed by atoms with Crippen LogP contribution >= 0.6 is 23.2 Å². The summed E-state index contributed by atoms with van der Waals surface area (Å²) in [5.74, 6) is 1.54. The highest BCUT2D eigenvalue weighted by Gasteiger charge is 2.13. The van der Waals surface area contributed by atoms with Crippen molar-refractivity contribution < 1.29 is 19.0 Å². The largest absolute Gasteiger partial charge is 0.497 e. The van der Waals surface area contributed by atoms with Gasteiger partial charge in [0.1, 0.15) is 12.4 Å². The van der Waals surface area contributed by atoms with Crippen LogP contribution in [0.1, 0.15) is 28.4 Å². The predicted molar refractivity (Wildman–Crippen MR) is 125 cm³/mol. The first kappa shape index (κ1) is 22.7. The zero-order valence-corrected chi connectivity index (χ0v) is 18.7. The fourth-order valence-corrected chi connectivity index (χ4v) is 3.25. The molecule has 0 aliphatic carbocycles. The van der Waals surface area contributed by atoms with Gasteiger partial charge in [-0.2, -0.15) is 0 Å². The molecular formula is C25H22Cl2O4. The third-order valence-electron chi connectivity index (χ3n) is 4.43. The van der Waals surface area contributed by atoms with E-state index in [0.29, 0.717) is 46.1 Å². The number of carbonyl (C=O) groups is 1. The summed E-state index contributed by atoms with van der Waals surface area (Å²) in [6.45, 7) is 2.65. The van der Waals surface area contributed by atoms with Crippen molar-refractivity contribution in [2.24, 2.45) is 0 Å². The van der Waals surface area contributed by atoms with Gasteiger partial charge in [0, 0.05) is 10.6 Å². The third kappa shape index (κ3) is 6.27. The number of hydrogen-bond acceptors (Lipinski definition) is 4. The first-order valence-corrected chi connectivity index (χ1v) is 10.5. The molecule has 3 aromatic carbocycles. The normalized spacial score (nSPS) is 10.8. The topological polar surface area (TPSA) is 44.8 Å². The number of halogens is 2. The summed E-state index contributed by atoms with van der Waals surface area (Å²) in [7, 11) is 1.58. The Morgan fingerprint density at radius 1 is 0.968 bits per heavy atom. The number of methoxy groups -OCH3 is 1. The van der Waals surface area contributed by atoms with Gasteiger partial charge in [-0.1, -0.05) is 41.4 Å². The average Bonchev–Trinajstić information content (AvgIpc) is 2.78. The molecule has 0 spiro atoms. The van der Waals surface area contributed by atoms with Crippen LogP contribution in [0, 0.1) is 0 Å². The van der Waals surface area contributed by atoms with Crippen LogP contribution in [0.25, 0.3) is 6.08 Å². The van der Waals surface area contributed by atoms with Crippen molar-refractivity contribution in [2.75, 3.05) is 13.7 Å². The Balaban J connectivity index is 1.77. The number of rotatable bonds is 9. The fourth-order valence-electron chi connectivity index (χ4n) is 2.85. The average molecular weight is 457 g/mol. The molecule has 31 heavy (non-hydrogen) atoms. The molecule has 0 aliphatic rings. The molecule has 6 heteroatoms. The minimum atomic E-state index is -0.125. The maximum absolute atomic E-state index is 12.4. The van der Waals surface area contributed by atoms with Crippen molar-refractivity contribution in [3.63, 3.8) is 0 Å². The first-order valence-electron chi connectivity index (χ1n) is 9.70. The van der Waals surface area contributed by atoms with Crippen LogP contribution in [0.3, 0.4) is 0 Å². The van der Waals surface area contributed by atoms with Crippen LogP contribution in [0.15, 0.2) is 66.7 Å². The van der Waals surface area contributed by atoms with Gasteiger partial charge in [-0.05, 0) is 72.7 Å². The molecule has 0 heterocycles. The molecule has 0 bridgehead atoms. The number of carbonyl (C=O) groups excluding carboxylic acids is 1. The molecule has 4 nitrogen and oxygen atoms in total. The van der Waals surface area contributed by atoms with Gasteiger partial charge in [0.25, 0.3) is 0 Å². The van der Waals surface area contributed by atoms with Gasteiger partial charge in [-0.25, -0.2) is 0 Å². The summed E-state index contributed by atoms with van der Waals surface area (Å²) >= 11 is 12.4. The molecule has 3 aromatic rings. The van der Waals surface area contributed by atoms with Gasteiger partial charge in [0.05, 0.1) is 18.7 Å². The van der Waals surface area contributed by atoms with Gasteiger partial charge in [-0.3, -0.25) is 4.79 Å². The second-order valence-electron chi connectivity index (χ2n) is 6.60. The summed E-state index contributed by atoms with van der Waals surface area (Å²) in [4.78, 5) is 12.4. The van der Waals surface area contributed by atoms with E-state index in [1.165, 1.54) is 6.08 Å². The predicted octanol–water partition coefficient (Wildman–Crippen LogP) is 6.88. The highest BCUT2D eigenvalue weighted by molar-refractivity contribution is 6.32. The molecule has 0 atom stereocenters. The van der Waals surface area contributed by atoms with Crippen LogP contribution in [0.2, 0.25) is 10.0 Å². The van der Waals surface area contributed by atoms with E-state index in [-0.39, 0.29) is 5.78 Å². The van der Waals surface area contributed by atoms with Gasteiger partial charge < -0.3 is 14.2 Å². The highest BCUT2D eigenvalue weighted by Crippen LogP contribution is 2.37. The van der Waals surface area contributed by atoms with E-state index in [1.54, 1.807) is 61.7 Å². The first-order chi connectivity index (χ1) is 15.0. The second-order valence-corrected chi connectivity index (χ2v) is 7.45. The van der Waals surface area contributed by atoms with E-state index in [9.17, 15) is 4.79 Å². The summed E-state index contributed by atoms with van der Waals surface area (Å²) < 4.78 is 16.8. The number of allylic oxidation sites excluding steroid dienone is 1. The molecule has 3 rings (SSSR count). The Bertz CT molecular complexity index is 1060. The molecule has 160 valence electrons. The fraction of sp³-hybridized carbons (Fsp3) is 0.160. The van der Waals surface area contributed by atoms with E-state index in [0.717, 1.165) is 11.1 Å². The van der Waals surface area contributed by atoms with Crippen molar-refractivity contribution >= 4 is 35.1 Å². The molecule has 0 N–H and O–H groups in total. The van der Waals surface area contributed by atoms with Crippen molar-refractivity contribution in [1.82, 2.24) is 0 Å². The van der Waals surface area contributed by atoms with Crippen LogP contribution in [-0.2, 0) is 6.61 Å². The number of ether oxygens (including phenoxy) is 3. The maximum atomic E-state index is 12.4. The Morgan fingerprint density at radius 3 is 2.32 bits per heavy atom. The second kappa shape index (κ2) is 10.9. The van der Waals surface area contributed by atoms with Crippen LogP contribution in [0.5, 0.6) is 17.2 Å². The molecule has 0 unspecified atom stereocenters. The Kier molecular flexibility index (Phi) is 7.99. The monoisotopic (exact) mass is 456 g/mol. The summed E-state index contributed by atoms with van der Waals surface area (Å²) in [5.41, 5.74) is 2.25. The van der Waals surface area contributed by atoms with Gasteiger partial charge in [0.15, 0.2) is 17.3 Å². The van der Waals surface area contributed by atoms with E-state index in [2.05, 4.69) is 0 Å². The van der Waals surface area contributed by atoms with E-state index in [1.807, 2.05) is 19.1 Å². The van der Waals surface area contributed by atoms with Crippen LogP contribution in [0.4, 0.5) is 0 Å². The molecule has 0 saturated carbocycles. The minimum Gasteiger partial charge on any atom is -0.497 e. The van der Waals surface area contributed by atoms with Gasteiger partial charge >= 0.3 is 0 Å². The molecular weight excluding hydrogens is 435 g/mol. The smallest absolute Gasteiger partial charge is 0.185 e. The summed E-state index contributed by atoms with van der Waals surface area (Å²) in [6, 6.07) is 17.9. The number of benzene rings is 3. The number of ketones is 1. The van der Waals surface area contributed by atoms with Crippen molar-refractivity contribution in [2.45, 2.75) is 13.5 Å². The van der Waals surface area contributed by atoms with Crippen LogP contribution < -0.4 is 14.2 Å². The lowest BCUT2D eigenvalue weighted by Crippen LogP contribution is -2.01. The molecule has 0 radical (unpaired) electrons. The van der Waals surface area contributed by atoms with E-state index in [4.69, 9.17) is 37.4 Å². The Labute approximate surface area is 192 Å². The lowest BCUT2D eigenvalue weighted by molar-refractivity contribution is 0.104. The van der Waals surface area contributed by atoms with Gasteiger partial charge in [-0.15, -0.1) is 0 Å². The van der Waals surface area contributed by atoms with Gasteiger partial charge in [0.2, 0.25) is 0 Å². The Morgan fingerprint density at radius 2 is 1.68 bits per heavy atom. The Hall–Kier alpha value is -2.95. The van der Waals surface area contributed by atoms with E-state index >= 15 is 0 Å². The standard InChI is InChI=1S/C25H22Cl2O4/c1-3-30-24-15-18(6-13-23(28)19-7-11-21(29-2)12-8-19)14-22(27)25(24)31-16-17-4-9-20(26)10-5-17/h4-15H,3,16H2,1-2H3/b13-6+. The zero-order valence-electron chi connectivity index (χ0n) is 17.2. The maximum Gasteiger partial charge on any atom is 0.185 e.